The number of amides is 3. The minimum Gasteiger partial charge on any atom is -0.333 e. The highest BCUT2D eigenvalue weighted by Crippen LogP contribution is 2.35. The van der Waals surface area contributed by atoms with Crippen molar-refractivity contribution in [1.82, 2.24) is 20.5 Å². The van der Waals surface area contributed by atoms with E-state index in [9.17, 15) is 9.59 Å². The maximum absolute atomic E-state index is 12.3. The molecule has 1 fully saturated rings. The van der Waals surface area contributed by atoms with Crippen molar-refractivity contribution in [2.24, 2.45) is 0 Å². The molecule has 0 bridgehead atoms. The van der Waals surface area contributed by atoms with Crippen LogP contribution in [-0.2, 0) is 4.79 Å². The lowest BCUT2D eigenvalue weighted by Gasteiger charge is -2.33. The number of benzene rings is 1. The highest BCUT2D eigenvalue weighted by Gasteiger charge is 2.28. The molecule has 2 heterocycles. The van der Waals surface area contributed by atoms with Crippen LogP contribution in [0.2, 0.25) is 0 Å². The number of hydrogen-bond acceptors (Lipinski definition) is 5. The van der Waals surface area contributed by atoms with Crippen molar-refractivity contribution in [3.63, 3.8) is 0 Å². The molecule has 3 rings (SSSR count). The van der Waals surface area contributed by atoms with Gasteiger partial charge in [0.15, 0.2) is 0 Å². The zero-order chi connectivity index (χ0) is 18.7. The van der Waals surface area contributed by atoms with Crippen molar-refractivity contribution in [2.75, 3.05) is 13.1 Å². The second-order valence-electron chi connectivity index (χ2n) is 7.75. The summed E-state index contributed by atoms with van der Waals surface area (Å²) in [5.41, 5.74) is 0.631. The summed E-state index contributed by atoms with van der Waals surface area (Å²) in [4.78, 5) is 31.1. The molecule has 1 atom stereocenters. The Hall–Kier alpha value is -1.99. The van der Waals surface area contributed by atoms with Gasteiger partial charge in [-0.15, -0.1) is 11.3 Å². The van der Waals surface area contributed by atoms with Crippen molar-refractivity contribution >= 4 is 33.5 Å². The van der Waals surface area contributed by atoms with E-state index >= 15 is 0 Å². The number of carbonyl (C=O) groups is 2. The van der Waals surface area contributed by atoms with Crippen LogP contribution in [0.1, 0.15) is 51.1 Å². The van der Waals surface area contributed by atoms with Crippen molar-refractivity contribution in [3.8, 4) is 0 Å². The summed E-state index contributed by atoms with van der Waals surface area (Å²) in [5, 5.41) is 6.24. The minimum atomic E-state index is -0.448. The highest BCUT2D eigenvalue weighted by atomic mass is 32.1. The van der Waals surface area contributed by atoms with Crippen LogP contribution < -0.4 is 10.6 Å². The van der Waals surface area contributed by atoms with E-state index in [-0.39, 0.29) is 24.0 Å². The molecule has 26 heavy (non-hydrogen) atoms. The van der Waals surface area contributed by atoms with Gasteiger partial charge in [0.05, 0.1) is 22.8 Å². The molecule has 1 saturated heterocycles. The fourth-order valence-electron chi connectivity index (χ4n) is 3.21. The Bertz CT molecular complexity index is 763. The van der Waals surface area contributed by atoms with Crippen molar-refractivity contribution in [2.45, 2.75) is 51.6 Å². The Kier molecular flexibility index (Phi) is 5.58. The molecule has 2 aromatic rings. The number of fused-ring (bicyclic) bond motifs is 1. The number of likely N-dealkylation sites (tertiary alicyclic amines) is 1. The molecular weight excluding hydrogens is 348 g/mol. The van der Waals surface area contributed by atoms with Gasteiger partial charge in [0, 0.05) is 5.54 Å². The number of nitrogens with zero attached hydrogens (tertiary/aromatic N) is 2. The fraction of sp³-hybridized carbons (Fsp3) is 0.526. The molecule has 140 valence electrons. The fourth-order valence-corrected chi connectivity index (χ4v) is 4.35. The Morgan fingerprint density at radius 3 is 2.77 bits per heavy atom. The third-order valence-electron chi connectivity index (χ3n) is 4.30. The van der Waals surface area contributed by atoms with Gasteiger partial charge in [0.2, 0.25) is 5.91 Å². The number of rotatable bonds is 3. The van der Waals surface area contributed by atoms with Crippen LogP contribution in [0.15, 0.2) is 24.3 Å². The number of piperidine rings is 1. The van der Waals surface area contributed by atoms with Crippen LogP contribution in [0.5, 0.6) is 0 Å². The van der Waals surface area contributed by atoms with Gasteiger partial charge in [-0.3, -0.25) is 15.0 Å². The first-order valence-electron chi connectivity index (χ1n) is 9.03. The molecule has 2 N–H and O–H groups in total. The molecule has 1 aliphatic rings. The third kappa shape index (κ3) is 4.80. The molecule has 3 amide bonds. The van der Waals surface area contributed by atoms with Gasteiger partial charge in [0.25, 0.3) is 0 Å². The highest BCUT2D eigenvalue weighted by molar-refractivity contribution is 7.18. The van der Waals surface area contributed by atoms with Gasteiger partial charge < -0.3 is 5.32 Å². The van der Waals surface area contributed by atoms with E-state index < -0.39 is 6.03 Å². The van der Waals surface area contributed by atoms with Gasteiger partial charge in [-0.1, -0.05) is 18.6 Å². The average Bonchev–Trinajstić information content (AvgIpc) is 2.97. The normalized spacial score (nSPS) is 18.7. The Morgan fingerprint density at radius 1 is 1.27 bits per heavy atom. The first-order valence-corrected chi connectivity index (χ1v) is 9.85. The number of carbonyl (C=O) groups excluding carboxylic acids is 2. The van der Waals surface area contributed by atoms with Crippen molar-refractivity contribution < 1.29 is 9.59 Å². The first-order chi connectivity index (χ1) is 12.3. The molecule has 1 aromatic heterocycles. The van der Waals surface area contributed by atoms with E-state index in [4.69, 9.17) is 4.98 Å². The number of urea groups is 1. The van der Waals surface area contributed by atoms with E-state index in [1.807, 2.05) is 39.0 Å². The summed E-state index contributed by atoms with van der Waals surface area (Å²) in [6, 6.07) is 7.79. The van der Waals surface area contributed by atoms with Gasteiger partial charge in [-0.2, -0.15) is 0 Å². The number of hydrogen-bond donors (Lipinski definition) is 2. The second-order valence-corrected chi connectivity index (χ2v) is 8.82. The zero-order valence-electron chi connectivity index (χ0n) is 15.5. The molecule has 1 aliphatic heterocycles. The summed E-state index contributed by atoms with van der Waals surface area (Å²) in [5.74, 6) is -0.278. The van der Waals surface area contributed by atoms with Crippen LogP contribution in [0, 0.1) is 0 Å². The molecule has 0 saturated carbocycles. The van der Waals surface area contributed by atoms with E-state index in [1.165, 1.54) is 4.70 Å². The summed E-state index contributed by atoms with van der Waals surface area (Å²) in [7, 11) is 0. The SMILES string of the molecule is CC(C)(C)NC(=O)NC(=O)CN1CCCC[C@H]1c1nc2ccccc2s1. The lowest BCUT2D eigenvalue weighted by Crippen LogP contribution is -2.51. The van der Waals surface area contributed by atoms with Crippen LogP contribution in [0.4, 0.5) is 4.79 Å². The van der Waals surface area contributed by atoms with Gasteiger partial charge >= 0.3 is 6.03 Å². The molecule has 7 heteroatoms. The largest absolute Gasteiger partial charge is 0.333 e. The number of thiazole rings is 1. The maximum atomic E-state index is 12.3. The van der Waals surface area contributed by atoms with Crippen LogP contribution >= 0.6 is 11.3 Å². The van der Waals surface area contributed by atoms with E-state index in [0.717, 1.165) is 36.3 Å². The van der Waals surface area contributed by atoms with E-state index in [0.29, 0.717) is 0 Å². The Morgan fingerprint density at radius 2 is 2.04 bits per heavy atom. The standard InChI is InChI=1S/C19H26N4O2S/c1-19(2,3)22-18(25)21-16(24)12-23-11-7-6-9-14(23)17-20-13-8-4-5-10-15(13)26-17/h4-5,8,10,14H,6-7,9,11-12H2,1-3H3,(H2,21,22,24,25)/t14-/m0/s1. The lowest BCUT2D eigenvalue weighted by atomic mass is 10.0. The number of aromatic nitrogens is 1. The Labute approximate surface area is 158 Å². The van der Waals surface area contributed by atoms with Gasteiger partial charge in [0.1, 0.15) is 5.01 Å². The third-order valence-corrected chi connectivity index (χ3v) is 5.43. The average molecular weight is 375 g/mol. The molecular formula is C19H26N4O2S. The van der Waals surface area contributed by atoms with Crippen molar-refractivity contribution in [3.05, 3.63) is 29.3 Å². The Balaban J connectivity index is 1.67. The van der Waals surface area contributed by atoms with E-state index in [1.54, 1.807) is 11.3 Å². The van der Waals surface area contributed by atoms with Crippen LogP contribution in [0.3, 0.4) is 0 Å². The maximum Gasteiger partial charge on any atom is 0.321 e. The van der Waals surface area contributed by atoms with Crippen molar-refractivity contribution in [1.29, 1.82) is 0 Å². The molecule has 0 radical (unpaired) electrons. The second kappa shape index (κ2) is 7.72. The topological polar surface area (TPSA) is 74.3 Å². The van der Waals surface area contributed by atoms with Crippen LogP contribution in [0.25, 0.3) is 10.2 Å². The summed E-state index contributed by atoms with van der Waals surface area (Å²) in [6.45, 7) is 6.69. The summed E-state index contributed by atoms with van der Waals surface area (Å²) < 4.78 is 1.17. The molecule has 1 aromatic carbocycles. The number of nitrogens with one attached hydrogen (secondary N) is 2. The molecule has 6 nitrogen and oxygen atoms in total. The first kappa shape index (κ1) is 18.8. The molecule has 0 spiro atoms. The van der Waals surface area contributed by atoms with E-state index in [2.05, 4.69) is 21.6 Å². The summed E-state index contributed by atoms with van der Waals surface area (Å²) >= 11 is 1.69. The number of imide groups is 1. The lowest BCUT2D eigenvalue weighted by molar-refractivity contribution is -0.122. The molecule has 0 unspecified atom stereocenters. The number of para-hydroxylation sites is 1. The predicted molar refractivity (Wildman–Crippen MR) is 104 cm³/mol. The monoisotopic (exact) mass is 374 g/mol. The van der Waals surface area contributed by atoms with Gasteiger partial charge in [-0.05, 0) is 52.3 Å². The smallest absolute Gasteiger partial charge is 0.321 e. The quantitative estimate of drug-likeness (QED) is 0.863. The predicted octanol–water partition coefficient (Wildman–Crippen LogP) is 3.45. The zero-order valence-corrected chi connectivity index (χ0v) is 16.4. The summed E-state index contributed by atoms with van der Waals surface area (Å²) in [6.07, 6.45) is 3.17. The minimum absolute atomic E-state index is 0.137. The van der Waals surface area contributed by atoms with Crippen LogP contribution in [-0.4, -0.2) is 40.5 Å². The molecule has 0 aliphatic carbocycles. The van der Waals surface area contributed by atoms with Gasteiger partial charge in [-0.25, -0.2) is 9.78 Å².